The Morgan fingerprint density at radius 1 is 0.950 bits per heavy atom. The number of hydrogen-bond acceptors (Lipinski definition) is 6. The van der Waals surface area contributed by atoms with Crippen molar-refractivity contribution in [3.8, 4) is 23.3 Å². The molecular weight excluding hydrogens is 258 g/mol. The molecule has 0 amide bonds. The quantitative estimate of drug-likeness (QED) is 0.865. The number of rotatable bonds is 6. The normalized spacial score (nSPS) is 10.2. The van der Waals surface area contributed by atoms with Crippen molar-refractivity contribution in [2.45, 2.75) is 6.42 Å². The zero-order valence-corrected chi connectivity index (χ0v) is 11.5. The first-order chi connectivity index (χ1) is 9.75. The van der Waals surface area contributed by atoms with Gasteiger partial charge >= 0.3 is 6.01 Å². The highest BCUT2D eigenvalue weighted by Gasteiger charge is 2.06. The highest BCUT2D eigenvalue weighted by atomic mass is 16.5. The van der Waals surface area contributed by atoms with Crippen LogP contribution in [0.1, 0.15) is 5.56 Å². The minimum absolute atomic E-state index is 0.265. The van der Waals surface area contributed by atoms with Gasteiger partial charge in [-0.15, -0.1) is 0 Å². The maximum atomic E-state index is 5.58. The van der Waals surface area contributed by atoms with Gasteiger partial charge in [-0.2, -0.15) is 0 Å². The largest absolute Gasteiger partial charge is 0.496 e. The molecule has 1 aromatic heterocycles. The SMILES string of the molecule is COc1cc(OC)cc(Oc2ncc(CCN)cn2)c1. The Bertz CT molecular complexity index is 536. The second-order valence-electron chi connectivity index (χ2n) is 4.06. The summed E-state index contributed by atoms with van der Waals surface area (Å²) in [6.07, 6.45) is 4.15. The molecule has 0 unspecified atom stereocenters. The van der Waals surface area contributed by atoms with E-state index in [1.165, 1.54) is 0 Å². The zero-order chi connectivity index (χ0) is 14.4. The number of benzene rings is 1. The first-order valence-electron chi connectivity index (χ1n) is 6.17. The molecule has 1 heterocycles. The summed E-state index contributed by atoms with van der Waals surface area (Å²) in [4.78, 5) is 8.27. The maximum absolute atomic E-state index is 5.58. The molecule has 0 bridgehead atoms. The standard InChI is InChI=1S/C14H17N3O3/c1-18-11-5-12(19-2)7-13(6-11)20-14-16-8-10(3-4-15)9-17-14/h5-9H,3-4,15H2,1-2H3. The Labute approximate surface area is 117 Å². The van der Waals surface area contributed by atoms with Crippen molar-refractivity contribution in [1.29, 1.82) is 0 Å². The van der Waals surface area contributed by atoms with Crippen LogP contribution in [0.25, 0.3) is 0 Å². The number of nitrogens with two attached hydrogens (primary N) is 1. The van der Waals surface area contributed by atoms with Crippen molar-refractivity contribution in [2.24, 2.45) is 5.73 Å². The molecule has 0 fully saturated rings. The molecule has 0 saturated heterocycles. The summed E-state index contributed by atoms with van der Waals surface area (Å²) in [5.74, 6) is 1.82. The molecule has 2 aromatic rings. The summed E-state index contributed by atoms with van der Waals surface area (Å²) >= 11 is 0. The van der Waals surface area contributed by atoms with Crippen LogP contribution >= 0.6 is 0 Å². The predicted molar refractivity (Wildman–Crippen MR) is 74.4 cm³/mol. The van der Waals surface area contributed by atoms with Crippen molar-refractivity contribution in [2.75, 3.05) is 20.8 Å². The predicted octanol–water partition coefficient (Wildman–Crippen LogP) is 1.79. The van der Waals surface area contributed by atoms with Crippen LogP contribution in [0.15, 0.2) is 30.6 Å². The summed E-state index contributed by atoms with van der Waals surface area (Å²) in [5.41, 5.74) is 6.45. The fourth-order valence-corrected chi connectivity index (χ4v) is 1.64. The third kappa shape index (κ3) is 3.58. The second-order valence-corrected chi connectivity index (χ2v) is 4.06. The Kier molecular flexibility index (Phi) is 4.73. The van der Waals surface area contributed by atoms with E-state index in [0.717, 1.165) is 12.0 Å². The highest BCUT2D eigenvalue weighted by Crippen LogP contribution is 2.29. The van der Waals surface area contributed by atoms with Gasteiger partial charge in [0.05, 0.1) is 14.2 Å². The summed E-state index contributed by atoms with van der Waals surface area (Å²) in [5, 5.41) is 0. The van der Waals surface area contributed by atoms with Crippen LogP contribution < -0.4 is 19.9 Å². The average Bonchev–Trinajstić information content (AvgIpc) is 2.49. The molecule has 0 atom stereocenters. The molecule has 6 nitrogen and oxygen atoms in total. The van der Waals surface area contributed by atoms with E-state index in [4.69, 9.17) is 19.9 Å². The molecule has 2 rings (SSSR count). The molecular formula is C14H17N3O3. The van der Waals surface area contributed by atoms with E-state index < -0.39 is 0 Å². The number of methoxy groups -OCH3 is 2. The molecule has 0 aliphatic carbocycles. The van der Waals surface area contributed by atoms with E-state index in [2.05, 4.69) is 9.97 Å². The van der Waals surface area contributed by atoms with Gasteiger partial charge in [-0.3, -0.25) is 0 Å². The molecule has 0 aliphatic rings. The third-order valence-electron chi connectivity index (χ3n) is 2.65. The van der Waals surface area contributed by atoms with Crippen molar-refractivity contribution >= 4 is 0 Å². The lowest BCUT2D eigenvalue weighted by atomic mass is 10.2. The van der Waals surface area contributed by atoms with Gasteiger partial charge in [0.15, 0.2) is 0 Å². The van der Waals surface area contributed by atoms with Gasteiger partial charge in [0.1, 0.15) is 17.2 Å². The van der Waals surface area contributed by atoms with Gasteiger partial charge in [0, 0.05) is 30.6 Å². The van der Waals surface area contributed by atoms with Crippen molar-refractivity contribution in [1.82, 2.24) is 9.97 Å². The number of ether oxygens (including phenoxy) is 3. The molecule has 1 aromatic carbocycles. The van der Waals surface area contributed by atoms with Gasteiger partial charge < -0.3 is 19.9 Å². The molecule has 2 N–H and O–H groups in total. The smallest absolute Gasteiger partial charge is 0.321 e. The van der Waals surface area contributed by atoms with Crippen LogP contribution in [-0.2, 0) is 6.42 Å². The summed E-state index contributed by atoms with van der Waals surface area (Å²) < 4.78 is 15.9. The molecule has 0 saturated carbocycles. The number of aromatic nitrogens is 2. The van der Waals surface area contributed by atoms with Crippen LogP contribution in [-0.4, -0.2) is 30.7 Å². The molecule has 6 heteroatoms. The molecule has 20 heavy (non-hydrogen) atoms. The molecule has 0 radical (unpaired) electrons. The van der Waals surface area contributed by atoms with Crippen molar-refractivity contribution in [3.05, 3.63) is 36.2 Å². The van der Waals surface area contributed by atoms with Gasteiger partial charge in [0.25, 0.3) is 0 Å². The van der Waals surface area contributed by atoms with E-state index in [1.54, 1.807) is 44.8 Å². The van der Waals surface area contributed by atoms with Gasteiger partial charge in [-0.25, -0.2) is 9.97 Å². The first kappa shape index (κ1) is 14.1. The van der Waals surface area contributed by atoms with E-state index in [9.17, 15) is 0 Å². The zero-order valence-electron chi connectivity index (χ0n) is 11.5. The number of nitrogens with zero attached hydrogens (tertiary/aromatic N) is 2. The van der Waals surface area contributed by atoms with Crippen molar-refractivity contribution in [3.63, 3.8) is 0 Å². The lowest BCUT2D eigenvalue weighted by Crippen LogP contribution is -2.03. The average molecular weight is 275 g/mol. The lowest BCUT2D eigenvalue weighted by molar-refractivity contribution is 0.382. The lowest BCUT2D eigenvalue weighted by Gasteiger charge is -2.09. The Hall–Kier alpha value is -2.34. The fraction of sp³-hybridized carbons (Fsp3) is 0.286. The molecule has 0 spiro atoms. The minimum Gasteiger partial charge on any atom is -0.496 e. The van der Waals surface area contributed by atoms with E-state index in [-0.39, 0.29) is 6.01 Å². The van der Waals surface area contributed by atoms with Crippen LogP contribution in [0, 0.1) is 0 Å². The topological polar surface area (TPSA) is 79.5 Å². The molecule has 0 aliphatic heterocycles. The fourth-order valence-electron chi connectivity index (χ4n) is 1.64. The summed E-state index contributed by atoms with van der Waals surface area (Å²) in [7, 11) is 3.16. The Morgan fingerprint density at radius 3 is 2.00 bits per heavy atom. The van der Waals surface area contributed by atoms with Crippen LogP contribution in [0.4, 0.5) is 0 Å². The van der Waals surface area contributed by atoms with Crippen molar-refractivity contribution < 1.29 is 14.2 Å². The van der Waals surface area contributed by atoms with Crippen LogP contribution in [0.5, 0.6) is 23.3 Å². The van der Waals surface area contributed by atoms with E-state index >= 15 is 0 Å². The van der Waals surface area contributed by atoms with Crippen LogP contribution in [0.3, 0.4) is 0 Å². The Morgan fingerprint density at radius 2 is 1.50 bits per heavy atom. The summed E-state index contributed by atoms with van der Waals surface area (Å²) in [6, 6.07) is 5.50. The first-order valence-corrected chi connectivity index (χ1v) is 6.17. The van der Waals surface area contributed by atoms with E-state index in [0.29, 0.717) is 23.8 Å². The number of hydrogen-bond donors (Lipinski definition) is 1. The van der Waals surface area contributed by atoms with Crippen LogP contribution in [0.2, 0.25) is 0 Å². The summed E-state index contributed by atoms with van der Waals surface area (Å²) in [6.45, 7) is 0.566. The Balaban J connectivity index is 2.16. The monoisotopic (exact) mass is 275 g/mol. The molecule has 106 valence electrons. The van der Waals surface area contributed by atoms with E-state index in [1.807, 2.05) is 0 Å². The highest BCUT2D eigenvalue weighted by molar-refractivity contribution is 5.42. The second kappa shape index (κ2) is 6.72. The van der Waals surface area contributed by atoms with Gasteiger partial charge in [-0.1, -0.05) is 0 Å². The third-order valence-corrected chi connectivity index (χ3v) is 2.65. The van der Waals surface area contributed by atoms with Gasteiger partial charge in [-0.05, 0) is 18.5 Å². The maximum Gasteiger partial charge on any atom is 0.321 e. The van der Waals surface area contributed by atoms with Gasteiger partial charge in [0.2, 0.25) is 0 Å². The minimum atomic E-state index is 0.265.